The number of hydrogen-bond donors (Lipinski definition) is 3. The van der Waals surface area contributed by atoms with E-state index in [-0.39, 0.29) is 11.9 Å². The lowest BCUT2D eigenvalue weighted by molar-refractivity contribution is 0.0938. The molecule has 0 aliphatic heterocycles. The maximum Gasteiger partial charge on any atom is 0.253 e. The molecule has 0 aromatic carbocycles. The Hall–Kier alpha value is -3.57. The average Bonchev–Trinajstić information content (AvgIpc) is 3.55. The van der Waals surface area contributed by atoms with Gasteiger partial charge < -0.3 is 15.6 Å². The number of aromatic amines is 1. The second kappa shape index (κ2) is 8.17. The highest BCUT2D eigenvalue weighted by Gasteiger charge is 2.19. The van der Waals surface area contributed by atoms with E-state index in [2.05, 4.69) is 54.8 Å². The first-order valence-electron chi connectivity index (χ1n) is 9.92. The molecule has 11 heteroatoms. The number of fused-ring (bicyclic) bond motifs is 1. The zero-order chi connectivity index (χ0) is 22.2. The first kappa shape index (κ1) is 20.3. The van der Waals surface area contributed by atoms with Gasteiger partial charge in [-0.3, -0.25) is 9.20 Å². The summed E-state index contributed by atoms with van der Waals surface area (Å²) in [7, 11) is 0. The molecule has 0 fully saturated rings. The van der Waals surface area contributed by atoms with Gasteiger partial charge in [0, 0.05) is 22.1 Å². The second-order valence-electron chi connectivity index (χ2n) is 7.36. The van der Waals surface area contributed by atoms with E-state index >= 15 is 0 Å². The van der Waals surface area contributed by atoms with E-state index < -0.39 is 0 Å². The molecule has 0 aliphatic rings. The number of pyridine rings is 1. The highest BCUT2D eigenvalue weighted by Crippen LogP contribution is 2.32. The van der Waals surface area contributed by atoms with Crippen molar-refractivity contribution in [3.63, 3.8) is 0 Å². The third-order valence-electron chi connectivity index (χ3n) is 4.92. The minimum Gasteiger partial charge on any atom is -0.342 e. The molecule has 0 radical (unpaired) electrons. The maximum atomic E-state index is 13.1. The molecule has 5 aromatic heterocycles. The number of hydrogen-bond acceptors (Lipinski definition) is 8. The van der Waals surface area contributed by atoms with Crippen LogP contribution in [0.3, 0.4) is 0 Å². The molecular formula is C21H20N8OS2. The fraction of sp³-hybridized carbons (Fsp3) is 0.190. The number of amides is 1. The number of aryl methyl sites for hydroxylation is 2. The molecule has 5 aromatic rings. The summed E-state index contributed by atoms with van der Waals surface area (Å²) in [6.07, 6.45) is 6.94. The first-order chi connectivity index (χ1) is 15.5. The summed E-state index contributed by atoms with van der Waals surface area (Å²) < 4.78 is 1.95. The molecule has 1 amide bonds. The van der Waals surface area contributed by atoms with Crippen LogP contribution in [-0.2, 0) is 0 Å². The van der Waals surface area contributed by atoms with Crippen molar-refractivity contribution in [2.24, 2.45) is 0 Å². The summed E-state index contributed by atoms with van der Waals surface area (Å²) in [5.74, 6) is 0.365. The molecule has 32 heavy (non-hydrogen) atoms. The highest BCUT2D eigenvalue weighted by atomic mass is 32.1. The summed E-state index contributed by atoms with van der Waals surface area (Å²) in [5, 5.41) is 14.8. The summed E-state index contributed by atoms with van der Waals surface area (Å²) in [6, 6.07) is 5.62. The number of thiophene rings is 1. The molecular weight excluding hydrogens is 444 g/mol. The third kappa shape index (κ3) is 3.87. The van der Waals surface area contributed by atoms with E-state index in [9.17, 15) is 4.79 Å². The summed E-state index contributed by atoms with van der Waals surface area (Å²) in [6.45, 7) is 5.92. The van der Waals surface area contributed by atoms with Gasteiger partial charge in [0.2, 0.25) is 0 Å². The number of imidazole rings is 1. The molecule has 3 N–H and O–H groups in total. The Balaban J connectivity index is 1.57. The van der Waals surface area contributed by atoms with Crippen LogP contribution < -0.4 is 10.6 Å². The number of anilines is 2. The lowest BCUT2D eigenvalue weighted by Gasteiger charge is -2.13. The van der Waals surface area contributed by atoms with Crippen molar-refractivity contribution in [1.29, 1.82) is 0 Å². The van der Waals surface area contributed by atoms with Crippen LogP contribution in [0.2, 0.25) is 0 Å². The van der Waals surface area contributed by atoms with Crippen molar-refractivity contribution in [2.75, 3.05) is 5.32 Å². The van der Waals surface area contributed by atoms with Gasteiger partial charge in [0.05, 0.1) is 34.1 Å². The smallest absolute Gasteiger partial charge is 0.253 e. The van der Waals surface area contributed by atoms with Gasteiger partial charge in [-0.2, -0.15) is 0 Å². The van der Waals surface area contributed by atoms with Crippen LogP contribution in [-0.4, -0.2) is 35.5 Å². The zero-order valence-electron chi connectivity index (χ0n) is 17.6. The molecule has 0 aliphatic carbocycles. The van der Waals surface area contributed by atoms with Crippen molar-refractivity contribution < 1.29 is 4.79 Å². The van der Waals surface area contributed by atoms with E-state index in [1.807, 2.05) is 36.8 Å². The van der Waals surface area contributed by atoms with Crippen molar-refractivity contribution in [1.82, 2.24) is 34.9 Å². The van der Waals surface area contributed by atoms with E-state index in [1.165, 1.54) is 11.2 Å². The quantitative estimate of drug-likeness (QED) is 0.341. The molecule has 162 valence electrons. The van der Waals surface area contributed by atoms with E-state index in [0.29, 0.717) is 17.1 Å². The summed E-state index contributed by atoms with van der Waals surface area (Å²) in [5.41, 5.74) is 2.85. The fourth-order valence-electron chi connectivity index (χ4n) is 3.36. The second-order valence-corrected chi connectivity index (χ2v) is 9.88. The Bertz CT molecular complexity index is 1400. The number of aromatic nitrogens is 6. The SMILES string of the molecule is Cc1ccc(-c2cnc3c(Nc4ncc(C)s4)cc(C(=O)NC(C)c4nnc[nH]4)cn23)s1. The molecule has 1 atom stereocenters. The van der Waals surface area contributed by atoms with Gasteiger partial charge in [-0.05, 0) is 39.0 Å². The molecule has 9 nitrogen and oxygen atoms in total. The minimum atomic E-state index is -0.319. The largest absolute Gasteiger partial charge is 0.342 e. The van der Waals surface area contributed by atoms with Gasteiger partial charge in [-0.25, -0.2) is 9.97 Å². The third-order valence-corrected chi connectivity index (χ3v) is 6.77. The number of H-pyrrole nitrogens is 1. The Morgan fingerprint density at radius 1 is 1.16 bits per heavy atom. The van der Waals surface area contributed by atoms with Crippen molar-refractivity contribution in [2.45, 2.75) is 26.8 Å². The van der Waals surface area contributed by atoms with Crippen molar-refractivity contribution in [3.05, 3.63) is 64.3 Å². The van der Waals surface area contributed by atoms with Crippen molar-refractivity contribution >= 4 is 45.0 Å². The van der Waals surface area contributed by atoms with Crippen LogP contribution in [0.25, 0.3) is 16.2 Å². The van der Waals surface area contributed by atoms with Crippen LogP contribution in [0.5, 0.6) is 0 Å². The maximum absolute atomic E-state index is 13.1. The van der Waals surface area contributed by atoms with Gasteiger partial charge >= 0.3 is 0 Å². The number of nitrogens with one attached hydrogen (secondary N) is 3. The van der Waals surface area contributed by atoms with Gasteiger partial charge in [0.25, 0.3) is 5.91 Å². The van der Waals surface area contributed by atoms with Gasteiger partial charge in [0.15, 0.2) is 16.6 Å². The monoisotopic (exact) mass is 464 g/mol. The Morgan fingerprint density at radius 2 is 2.03 bits per heavy atom. The van der Waals surface area contributed by atoms with E-state index in [4.69, 9.17) is 0 Å². The molecule has 5 heterocycles. The molecule has 0 bridgehead atoms. The molecule has 1 unspecified atom stereocenters. The molecule has 0 saturated carbocycles. The normalized spacial score (nSPS) is 12.2. The van der Waals surface area contributed by atoms with Crippen LogP contribution in [0, 0.1) is 13.8 Å². The van der Waals surface area contributed by atoms with Crippen molar-refractivity contribution in [3.8, 4) is 10.6 Å². The van der Waals surface area contributed by atoms with Crippen LogP contribution in [0.4, 0.5) is 10.8 Å². The fourth-order valence-corrected chi connectivity index (χ4v) is 4.91. The lowest BCUT2D eigenvalue weighted by Crippen LogP contribution is -2.27. The van der Waals surface area contributed by atoms with Gasteiger partial charge in [0.1, 0.15) is 6.33 Å². The van der Waals surface area contributed by atoms with Crippen LogP contribution in [0.15, 0.2) is 43.1 Å². The number of nitrogens with zero attached hydrogens (tertiary/aromatic N) is 5. The number of thiazole rings is 1. The van der Waals surface area contributed by atoms with E-state index in [1.54, 1.807) is 28.7 Å². The Labute approximate surface area is 191 Å². The average molecular weight is 465 g/mol. The van der Waals surface area contributed by atoms with Crippen LogP contribution in [0.1, 0.15) is 38.9 Å². The molecule has 0 saturated heterocycles. The Morgan fingerprint density at radius 3 is 2.72 bits per heavy atom. The van der Waals surface area contributed by atoms with Gasteiger partial charge in [-0.1, -0.05) is 0 Å². The zero-order valence-corrected chi connectivity index (χ0v) is 19.2. The molecule has 0 spiro atoms. The van der Waals surface area contributed by atoms with Crippen LogP contribution >= 0.6 is 22.7 Å². The highest BCUT2D eigenvalue weighted by molar-refractivity contribution is 7.15. The first-order valence-corrected chi connectivity index (χ1v) is 11.6. The Kier molecular flexibility index (Phi) is 5.19. The predicted molar refractivity (Wildman–Crippen MR) is 126 cm³/mol. The topological polar surface area (TPSA) is 113 Å². The van der Waals surface area contributed by atoms with E-state index in [0.717, 1.165) is 26.2 Å². The predicted octanol–water partition coefficient (Wildman–Crippen LogP) is 4.49. The number of rotatable bonds is 6. The summed E-state index contributed by atoms with van der Waals surface area (Å²) in [4.78, 5) is 28.5. The standard InChI is InChI=1S/C21H20N8OS2/c1-11-4-5-17(31-11)16-8-22-19-15(27-21-23-7-12(2)32-21)6-14(9-29(16)19)20(30)26-13(3)18-24-10-25-28-18/h4-10,13H,1-3H3,(H,23,27)(H,26,30)(H,24,25,28). The molecule has 5 rings (SSSR count). The van der Waals surface area contributed by atoms with Gasteiger partial charge in [-0.15, -0.1) is 32.9 Å². The lowest BCUT2D eigenvalue weighted by atomic mass is 10.2. The minimum absolute atomic E-state index is 0.226. The number of carbonyl (C=O) groups is 1. The summed E-state index contributed by atoms with van der Waals surface area (Å²) >= 11 is 3.23. The number of carbonyl (C=O) groups excluding carboxylic acids is 1.